The minimum Gasteiger partial charge on any atom is -0.478 e. The Hall–Kier alpha value is -3.48. The Labute approximate surface area is 189 Å². The third-order valence-corrected chi connectivity index (χ3v) is 3.96. The number of hydrogen-bond acceptors (Lipinski definition) is 6. The van der Waals surface area contributed by atoms with Gasteiger partial charge in [-0.2, -0.15) is 0 Å². The molecule has 2 unspecified atom stereocenters. The summed E-state index contributed by atoms with van der Waals surface area (Å²) in [5.41, 5.74) is 2.07. The molecule has 0 bridgehead atoms. The van der Waals surface area contributed by atoms with Crippen LogP contribution in [0.5, 0.6) is 0 Å². The van der Waals surface area contributed by atoms with Crippen molar-refractivity contribution in [3.8, 4) is 0 Å². The molecule has 2 aromatic carbocycles. The first-order chi connectivity index (χ1) is 15.2. The van der Waals surface area contributed by atoms with Crippen molar-refractivity contribution < 1.29 is 33.8 Å². The average Bonchev–Trinajstić information content (AvgIpc) is 2.79. The number of carboxylic acids is 1. The number of rotatable bonds is 7. The van der Waals surface area contributed by atoms with E-state index in [0.717, 1.165) is 18.1 Å². The smallest absolute Gasteiger partial charge is 0.349 e. The van der Waals surface area contributed by atoms with Crippen molar-refractivity contribution in [3.63, 3.8) is 0 Å². The maximum atomic E-state index is 12.3. The van der Waals surface area contributed by atoms with E-state index in [1.807, 2.05) is 41.5 Å². The van der Waals surface area contributed by atoms with Gasteiger partial charge in [0.25, 0.3) is 0 Å². The number of hydrogen-bond donors (Lipinski definition) is 1. The molecule has 0 aliphatic rings. The van der Waals surface area contributed by atoms with Crippen LogP contribution in [0.25, 0.3) is 0 Å². The van der Waals surface area contributed by atoms with Crippen molar-refractivity contribution in [1.82, 2.24) is 0 Å². The van der Waals surface area contributed by atoms with Crippen molar-refractivity contribution in [1.29, 1.82) is 0 Å². The molecule has 174 valence electrons. The molecular formula is C25H32O7. The fourth-order valence-corrected chi connectivity index (χ4v) is 2.35. The Balaban J connectivity index is 0.00000227. The Morgan fingerprint density at radius 3 is 1.25 bits per heavy atom. The van der Waals surface area contributed by atoms with Crippen LogP contribution in [-0.4, -0.2) is 41.0 Å². The molecule has 7 heteroatoms. The van der Waals surface area contributed by atoms with Gasteiger partial charge in [-0.1, -0.05) is 63.1 Å². The highest BCUT2D eigenvalue weighted by atomic mass is 16.6. The summed E-state index contributed by atoms with van der Waals surface area (Å²) in [6, 6.07) is 12.6. The summed E-state index contributed by atoms with van der Waals surface area (Å²) in [5.74, 6) is -4.19. The van der Waals surface area contributed by atoms with Crippen molar-refractivity contribution in [2.45, 2.75) is 60.7 Å². The van der Waals surface area contributed by atoms with E-state index < -0.39 is 35.9 Å². The Bertz CT molecular complexity index is 808. The molecule has 2 aromatic rings. The van der Waals surface area contributed by atoms with Crippen molar-refractivity contribution in [3.05, 3.63) is 70.8 Å². The van der Waals surface area contributed by atoms with E-state index in [9.17, 15) is 24.3 Å². The minimum absolute atomic E-state index is 0.115. The van der Waals surface area contributed by atoms with E-state index in [-0.39, 0.29) is 11.1 Å². The first-order valence-electron chi connectivity index (χ1n) is 10.5. The van der Waals surface area contributed by atoms with Gasteiger partial charge < -0.3 is 14.6 Å². The Morgan fingerprint density at radius 2 is 0.969 bits per heavy atom. The molecule has 0 aliphatic heterocycles. The summed E-state index contributed by atoms with van der Waals surface area (Å²) in [4.78, 5) is 48.1. The lowest BCUT2D eigenvalue weighted by molar-refractivity contribution is -0.158. The molecule has 0 saturated heterocycles. The van der Waals surface area contributed by atoms with E-state index in [4.69, 9.17) is 9.47 Å². The molecule has 0 aromatic heterocycles. The average molecular weight is 445 g/mol. The summed E-state index contributed by atoms with van der Waals surface area (Å²) in [7, 11) is 0. The number of ketones is 1. The van der Waals surface area contributed by atoms with Crippen LogP contribution in [0.3, 0.4) is 0 Å². The highest BCUT2D eigenvalue weighted by molar-refractivity contribution is 5.96. The molecule has 0 heterocycles. The number of carbonyl (C=O) groups is 4. The van der Waals surface area contributed by atoms with Gasteiger partial charge in [0.05, 0.1) is 11.1 Å². The second kappa shape index (κ2) is 14.5. The number of Topliss-reactive ketones (excluding diaryl/α,β-unsaturated/α-hetero) is 1. The molecule has 0 fully saturated rings. The van der Waals surface area contributed by atoms with Gasteiger partial charge in [0, 0.05) is 0 Å². The van der Waals surface area contributed by atoms with Crippen LogP contribution in [0.1, 0.15) is 66.5 Å². The number of ether oxygens (including phenoxy) is 2. The van der Waals surface area contributed by atoms with Crippen LogP contribution in [0.4, 0.5) is 0 Å². The first-order valence-corrected chi connectivity index (χ1v) is 10.5. The fraction of sp³-hybridized carbons (Fsp3) is 0.360. The van der Waals surface area contributed by atoms with E-state index in [1.165, 1.54) is 24.3 Å². The molecule has 0 radical (unpaired) electrons. The molecular weight excluding hydrogens is 412 g/mol. The number of benzene rings is 2. The second-order valence-electron chi connectivity index (χ2n) is 6.33. The summed E-state index contributed by atoms with van der Waals surface area (Å²) in [6.07, 6.45) is -3.75. The van der Waals surface area contributed by atoms with Crippen LogP contribution in [0.2, 0.25) is 0 Å². The van der Waals surface area contributed by atoms with Crippen LogP contribution < -0.4 is 0 Å². The third kappa shape index (κ3) is 8.71. The molecule has 0 aliphatic carbocycles. The topological polar surface area (TPSA) is 107 Å². The van der Waals surface area contributed by atoms with Gasteiger partial charge in [0.15, 0.2) is 5.78 Å². The van der Waals surface area contributed by atoms with Gasteiger partial charge >= 0.3 is 17.9 Å². The van der Waals surface area contributed by atoms with Gasteiger partial charge in [-0.25, -0.2) is 14.4 Å². The summed E-state index contributed by atoms with van der Waals surface area (Å²) in [5, 5.41) is 9.43. The number of carbonyl (C=O) groups excluding carboxylic acids is 3. The number of aliphatic carboxylic acids is 1. The Morgan fingerprint density at radius 1 is 0.656 bits per heavy atom. The Kier molecular flexibility index (Phi) is 12.9. The minimum atomic E-state index is -1.97. The van der Waals surface area contributed by atoms with Gasteiger partial charge in [0.1, 0.15) is 0 Å². The number of carboxylic acid groups (broad SMARTS) is 1. The second-order valence-corrected chi connectivity index (χ2v) is 6.33. The molecule has 0 spiro atoms. The fourth-order valence-electron chi connectivity index (χ4n) is 2.35. The summed E-state index contributed by atoms with van der Waals surface area (Å²) >= 11 is 0. The third-order valence-electron chi connectivity index (χ3n) is 3.96. The highest BCUT2D eigenvalue weighted by Crippen LogP contribution is 2.14. The van der Waals surface area contributed by atoms with E-state index in [1.54, 1.807) is 24.3 Å². The van der Waals surface area contributed by atoms with Crippen LogP contribution in [0.15, 0.2) is 48.5 Å². The lowest BCUT2D eigenvalue weighted by Gasteiger charge is -2.22. The lowest BCUT2D eigenvalue weighted by atomic mass is 10.1. The molecule has 2 atom stereocenters. The maximum Gasteiger partial charge on any atom is 0.349 e. The standard InChI is InChI=1S/C21H20O7.2C2H6/c1-12-4-8-15(9-5-12)20(25)27-17(14(3)22)18(19(23)24)28-21(26)16-10-6-13(2)7-11-16;2*1-2/h4-11,17-18H,1-3H3,(H,23,24);2*1-2H3. The van der Waals surface area contributed by atoms with E-state index >= 15 is 0 Å². The van der Waals surface area contributed by atoms with Crippen molar-refractivity contribution in [2.75, 3.05) is 0 Å². The zero-order chi connectivity index (χ0) is 24.8. The van der Waals surface area contributed by atoms with Crippen LogP contribution in [0, 0.1) is 13.8 Å². The van der Waals surface area contributed by atoms with Crippen LogP contribution in [-0.2, 0) is 19.1 Å². The van der Waals surface area contributed by atoms with Gasteiger partial charge in [-0.15, -0.1) is 0 Å². The van der Waals surface area contributed by atoms with Crippen molar-refractivity contribution >= 4 is 23.7 Å². The van der Waals surface area contributed by atoms with E-state index in [0.29, 0.717) is 0 Å². The van der Waals surface area contributed by atoms with E-state index in [2.05, 4.69) is 0 Å². The molecule has 0 amide bonds. The summed E-state index contributed by atoms with van der Waals surface area (Å²) < 4.78 is 10.1. The van der Waals surface area contributed by atoms with Crippen molar-refractivity contribution in [2.24, 2.45) is 0 Å². The quantitative estimate of drug-likeness (QED) is 0.612. The summed E-state index contributed by atoms with van der Waals surface area (Å²) in [6.45, 7) is 12.7. The molecule has 0 saturated carbocycles. The maximum absolute atomic E-state index is 12.3. The number of aryl methyl sites for hydroxylation is 2. The first kappa shape index (κ1) is 28.5. The normalized spacial score (nSPS) is 11.3. The zero-order valence-electron chi connectivity index (χ0n) is 19.7. The molecule has 1 N–H and O–H groups in total. The lowest BCUT2D eigenvalue weighted by Crippen LogP contribution is -2.45. The molecule has 2 rings (SSSR count). The highest BCUT2D eigenvalue weighted by Gasteiger charge is 2.38. The predicted octanol–water partition coefficient (Wildman–Crippen LogP) is 4.78. The number of esters is 2. The molecule has 7 nitrogen and oxygen atoms in total. The van der Waals surface area contributed by atoms with Gasteiger partial charge in [-0.3, -0.25) is 4.79 Å². The van der Waals surface area contributed by atoms with Gasteiger partial charge in [-0.05, 0) is 45.0 Å². The molecule has 32 heavy (non-hydrogen) atoms. The van der Waals surface area contributed by atoms with Gasteiger partial charge in [0.2, 0.25) is 12.2 Å². The SMILES string of the molecule is CC.CC.CC(=O)C(OC(=O)c1ccc(C)cc1)C(OC(=O)c1ccc(C)cc1)C(=O)O. The predicted molar refractivity (Wildman–Crippen MR) is 122 cm³/mol. The monoisotopic (exact) mass is 444 g/mol. The largest absolute Gasteiger partial charge is 0.478 e. The van der Waals surface area contributed by atoms with Crippen LogP contribution >= 0.6 is 0 Å². The zero-order valence-corrected chi connectivity index (χ0v) is 19.7.